The molecule has 27 heavy (non-hydrogen) atoms. The third-order valence-corrected chi connectivity index (χ3v) is 4.71. The van der Waals surface area contributed by atoms with E-state index in [1.165, 1.54) is 0 Å². The first-order chi connectivity index (χ1) is 13.3. The van der Waals surface area contributed by atoms with E-state index in [2.05, 4.69) is 11.4 Å². The number of benzene rings is 3. The fourth-order valence-corrected chi connectivity index (χ4v) is 3.11. The van der Waals surface area contributed by atoms with E-state index in [4.69, 9.17) is 25.8 Å². The Morgan fingerprint density at radius 2 is 1.67 bits per heavy atom. The lowest BCUT2D eigenvalue weighted by Gasteiger charge is -2.10. The summed E-state index contributed by atoms with van der Waals surface area (Å²) < 4.78 is 16.6. The summed E-state index contributed by atoms with van der Waals surface area (Å²) in [5, 5.41) is 4.17. The van der Waals surface area contributed by atoms with Crippen LogP contribution in [0.4, 0.5) is 0 Å². The Balaban J connectivity index is 1.31. The van der Waals surface area contributed by atoms with Crippen LogP contribution in [0.15, 0.2) is 66.7 Å². The molecule has 0 radical (unpaired) electrons. The van der Waals surface area contributed by atoms with Crippen molar-refractivity contribution in [3.05, 3.63) is 88.4 Å². The molecule has 1 N–H and O–H groups in total. The van der Waals surface area contributed by atoms with Crippen molar-refractivity contribution in [2.45, 2.75) is 19.7 Å². The van der Waals surface area contributed by atoms with Gasteiger partial charge in [-0.25, -0.2) is 0 Å². The van der Waals surface area contributed by atoms with E-state index in [1.807, 2.05) is 60.7 Å². The number of rotatable bonds is 7. The molecule has 0 aliphatic carbocycles. The minimum absolute atomic E-state index is 0.299. The number of fused-ring (bicyclic) bond motifs is 1. The van der Waals surface area contributed by atoms with Crippen LogP contribution in [0.5, 0.6) is 17.2 Å². The Labute approximate surface area is 163 Å². The normalized spacial score (nSPS) is 12.2. The second-order valence-corrected chi connectivity index (χ2v) is 6.73. The van der Waals surface area contributed by atoms with E-state index < -0.39 is 0 Å². The average Bonchev–Trinajstić information content (AvgIpc) is 3.16. The van der Waals surface area contributed by atoms with Crippen LogP contribution in [0, 0.1) is 0 Å². The maximum atomic E-state index is 6.18. The molecule has 3 aromatic rings. The van der Waals surface area contributed by atoms with Gasteiger partial charge in [-0.05, 0) is 41.5 Å². The number of ether oxygens (including phenoxy) is 3. The highest BCUT2D eigenvalue weighted by atomic mass is 35.5. The molecule has 1 aliphatic rings. The maximum Gasteiger partial charge on any atom is 0.231 e. The first-order valence-electron chi connectivity index (χ1n) is 8.82. The van der Waals surface area contributed by atoms with Gasteiger partial charge in [0.1, 0.15) is 12.4 Å². The van der Waals surface area contributed by atoms with Crippen LogP contribution in [0.3, 0.4) is 0 Å². The van der Waals surface area contributed by atoms with Gasteiger partial charge in [0.2, 0.25) is 6.79 Å². The van der Waals surface area contributed by atoms with Crippen molar-refractivity contribution in [3.8, 4) is 17.2 Å². The molecule has 5 heteroatoms. The summed E-state index contributed by atoms with van der Waals surface area (Å²) in [6.07, 6.45) is 0. The summed E-state index contributed by atoms with van der Waals surface area (Å²) in [6.45, 7) is 2.25. The molecule has 0 saturated heterocycles. The van der Waals surface area contributed by atoms with Crippen LogP contribution in [0.1, 0.15) is 16.7 Å². The summed E-state index contributed by atoms with van der Waals surface area (Å²) in [6, 6.07) is 21.8. The van der Waals surface area contributed by atoms with Gasteiger partial charge in [-0.1, -0.05) is 48.0 Å². The molecular formula is C22H20ClNO3. The van der Waals surface area contributed by atoms with Crippen LogP contribution in [-0.2, 0) is 19.7 Å². The van der Waals surface area contributed by atoms with E-state index >= 15 is 0 Å². The summed E-state index contributed by atoms with van der Waals surface area (Å²) in [4.78, 5) is 0. The third kappa shape index (κ3) is 4.54. The Bertz CT molecular complexity index is 929. The maximum absolute atomic E-state index is 6.18. The standard InChI is InChI=1S/C22H20ClNO3/c23-20-7-2-1-5-18(20)14-25-19-6-3-4-16(10-19)12-24-13-17-8-9-21-22(11-17)27-15-26-21/h1-11,24H,12-15H2. The largest absolute Gasteiger partial charge is 0.489 e. The Hall–Kier alpha value is -2.69. The highest BCUT2D eigenvalue weighted by Gasteiger charge is 2.12. The third-order valence-electron chi connectivity index (χ3n) is 4.35. The molecule has 4 nitrogen and oxygen atoms in total. The molecule has 3 aromatic carbocycles. The van der Waals surface area contributed by atoms with E-state index in [-0.39, 0.29) is 0 Å². The van der Waals surface area contributed by atoms with Crippen molar-refractivity contribution in [3.63, 3.8) is 0 Å². The van der Waals surface area contributed by atoms with Gasteiger partial charge < -0.3 is 19.5 Å². The topological polar surface area (TPSA) is 39.7 Å². The van der Waals surface area contributed by atoms with Gasteiger partial charge in [0.25, 0.3) is 0 Å². The monoisotopic (exact) mass is 381 g/mol. The van der Waals surface area contributed by atoms with E-state index in [0.29, 0.717) is 13.4 Å². The zero-order valence-electron chi connectivity index (χ0n) is 14.8. The molecule has 1 aliphatic heterocycles. The van der Waals surface area contributed by atoms with Gasteiger partial charge in [0.05, 0.1) is 0 Å². The Morgan fingerprint density at radius 3 is 2.56 bits per heavy atom. The number of halogens is 1. The molecule has 0 bridgehead atoms. The van der Waals surface area contributed by atoms with Crippen LogP contribution in [-0.4, -0.2) is 6.79 Å². The summed E-state index contributed by atoms with van der Waals surface area (Å²) in [7, 11) is 0. The summed E-state index contributed by atoms with van der Waals surface area (Å²) in [5.41, 5.74) is 3.29. The van der Waals surface area contributed by atoms with Crippen molar-refractivity contribution in [2.75, 3.05) is 6.79 Å². The molecule has 0 saturated carbocycles. The van der Waals surface area contributed by atoms with Gasteiger partial charge >= 0.3 is 0 Å². The molecule has 0 atom stereocenters. The molecule has 4 rings (SSSR count). The molecule has 0 unspecified atom stereocenters. The lowest BCUT2D eigenvalue weighted by Crippen LogP contribution is -2.12. The lowest BCUT2D eigenvalue weighted by atomic mass is 10.2. The zero-order chi connectivity index (χ0) is 18.5. The van der Waals surface area contributed by atoms with Crippen LogP contribution in [0.25, 0.3) is 0 Å². The summed E-state index contributed by atoms with van der Waals surface area (Å²) in [5.74, 6) is 2.45. The molecule has 138 valence electrons. The van der Waals surface area contributed by atoms with Crippen molar-refractivity contribution < 1.29 is 14.2 Å². The van der Waals surface area contributed by atoms with E-state index in [0.717, 1.165) is 52.1 Å². The molecular weight excluding hydrogens is 362 g/mol. The minimum Gasteiger partial charge on any atom is -0.489 e. The predicted octanol–water partition coefficient (Wildman–Crippen LogP) is 4.94. The lowest BCUT2D eigenvalue weighted by molar-refractivity contribution is 0.174. The average molecular weight is 382 g/mol. The van der Waals surface area contributed by atoms with Crippen molar-refractivity contribution in [2.24, 2.45) is 0 Å². The predicted molar refractivity (Wildman–Crippen MR) is 105 cm³/mol. The van der Waals surface area contributed by atoms with Gasteiger partial charge in [-0.2, -0.15) is 0 Å². The van der Waals surface area contributed by atoms with Crippen molar-refractivity contribution in [1.29, 1.82) is 0 Å². The Kier molecular flexibility index (Phi) is 5.47. The second kappa shape index (κ2) is 8.33. The Morgan fingerprint density at radius 1 is 0.852 bits per heavy atom. The van der Waals surface area contributed by atoms with Crippen LogP contribution < -0.4 is 19.5 Å². The molecule has 0 aromatic heterocycles. The van der Waals surface area contributed by atoms with E-state index in [9.17, 15) is 0 Å². The highest BCUT2D eigenvalue weighted by Crippen LogP contribution is 2.32. The molecule has 1 heterocycles. The SMILES string of the molecule is Clc1ccccc1COc1cccc(CNCc2ccc3c(c2)OCO3)c1. The number of hydrogen-bond donors (Lipinski definition) is 1. The number of nitrogens with one attached hydrogen (secondary N) is 1. The van der Waals surface area contributed by atoms with Crippen LogP contribution in [0.2, 0.25) is 5.02 Å². The first-order valence-corrected chi connectivity index (χ1v) is 9.20. The zero-order valence-corrected chi connectivity index (χ0v) is 15.5. The van der Waals surface area contributed by atoms with E-state index in [1.54, 1.807) is 0 Å². The van der Waals surface area contributed by atoms with Crippen molar-refractivity contribution in [1.82, 2.24) is 5.32 Å². The van der Waals surface area contributed by atoms with Gasteiger partial charge in [0, 0.05) is 23.7 Å². The fraction of sp³-hybridized carbons (Fsp3) is 0.182. The summed E-state index contributed by atoms with van der Waals surface area (Å²) >= 11 is 6.18. The second-order valence-electron chi connectivity index (χ2n) is 6.32. The van der Waals surface area contributed by atoms with Gasteiger partial charge in [-0.3, -0.25) is 0 Å². The molecule has 0 fully saturated rings. The first kappa shape index (κ1) is 17.7. The van der Waals surface area contributed by atoms with Gasteiger partial charge in [0.15, 0.2) is 11.5 Å². The molecule has 0 amide bonds. The van der Waals surface area contributed by atoms with Crippen molar-refractivity contribution >= 4 is 11.6 Å². The minimum atomic E-state index is 0.299. The number of hydrogen-bond acceptors (Lipinski definition) is 4. The molecule has 0 spiro atoms. The quantitative estimate of drug-likeness (QED) is 0.629. The van der Waals surface area contributed by atoms with Gasteiger partial charge in [-0.15, -0.1) is 0 Å². The fourth-order valence-electron chi connectivity index (χ4n) is 2.92. The highest BCUT2D eigenvalue weighted by molar-refractivity contribution is 6.31. The van der Waals surface area contributed by atoms with Crippen LogP contribution >= 0.6 is 11.6 Å². The smallest absolute Gasteiger partial charge is 0.231 e.